The predicted octanol–water partition coefficient (Wildman–Crippen LogP) is 0.741. The van der Waals surface area contributed by atoms with Gasteiger partial charge in [0.25, 0.3) is 0 Å². The number of sulfone groups is 1. The topological polar surface area (TPSA) is 72.5 Å². The van der Waals surface area contributed by atoms with Gasteiger partial charge in [0.1, 0.15) is 6.04 Å². The van der Waals surface area contributed by atoms with Crippen molar-refractivity contribution in [3.8, 4) is 0 Å². The monoisotopic (exact) mass is 277 g/mol. The average molecular weight is 277 g/mol. The summed E-state index contributed by atoms with van der Waals surface area (Å²) in [5.74, 6) is 0.421. The van der Waals surface area contributed by atoms with Crippen LogP contribution < -0.4 is 5.32 Å². The van der Waals surface area contributed by atoms with Gasteiger partial charge in [-0.2, -0.15) is 0 Å². The number of carbonyl (C=O) groups excluding carboxylic acids is 1. The van der Waals surface area contributed by atoms with Gasteiger partial charge in [-0.3, -0.25) is 4.79 Å². The summed E-state index contributed by atoms with van der Waals surface area (Å²) in [7, 11) is -1.60. The number of rotatable bonds is 5. The van der Waals surface area contributed by atoms with Gasteiger partial charge in [-0.05, 0) is 25.2 Å². The summed E-state index contributed by atoms with van der Waals surface area (Å²) in [6.45, 7) is 4.05. The van der Waals surface area contributed by atoms with Gasteiger partial charge in [-0.25, -0.2) is 8.42 Å². The molecule has 0 aromatic rings. The van der Waals surface area contributed by atoms with Crippen LogP contribution in [0.5, 0.6) is 0 Å². The molecule has 1 heterocycles. The maximum absolute atomic E-state index is 11.6. The maximum Gasteiger partial charge on any atom is 0.322 e. The quantitative estimate of drug-likeness (QED) is 0.750. The number of hydrogen-bond donors (Lipinski definition) is 1. The largest absolute Gasteiger partial charge is 0.468 e. The van der Waals surface area contributed by atoms with Crippen molar-refractivity contribution in [2.75, 3.05) is 18.6 Å². The van der Waals surface area contributed by atoms with E-state index in [4.69, 9.17) is 4.74 Å². The summed E-state index contributed by atoms with van der Waals surface area (Å²) in [4.78, 5) is 11.6. The van der Waals surface area contributed by atoms with Crippen LogP contribution in [-0.4, -0.2) is 45.1 Å². The molecule has 1 aliphatic heterocycles. The fourth-order valence-electron chi connectivity index (χ4n) is 2.28. The van der Waals surface area contributed by atoms with E-state index in [0.717, 1.165) is 6.42 Å². The molecule has 0 bridgehead atoms. The Morgan fingerprint density at radius 1 is 1.44 bits per heavy atom. The fraction of sp³-hybridized carbons (Fsp3) is 0.917. The molecule has 0 saturated carbocycles. The summed E-state index contributed by atoms with van der Waals surface area (Å²) < 4.78 is 27.9. The highest BCUT2D eigenvalue weighted by atomic mass is 32.2. The molecule has 106 valence electrons. The lowest BCUT2D eigenvalue weighted by atomic mass is 10.0. The molecule has 0 radical (unpaired) electrons. The van der Waals surface area contributed by atoms with E-state index >= 15 is 0 Å². The molecule has 0 aromatic heterocycles. The van der Waals surface area contributed by atoms with E-state index in [9.17, 15) is 13.2 Å². The molecule has 1 aliphatic rings. The molecule has 0 amide bonds. The van der Waals surface area contributed by atoms with Crippen molar-refractivity contribution in [2.24, 2.45) is 5.92 Å². The molecule has 0 spiro atoms. The molecular formula is C12H23NO4S. The van der Waals surface area contributed by atoms with E-state index in [0.29, 0.717) is 18.8 Å². The van der Waals surface area contributed by atoms with Crippen molar-refractivity contribution in [3.63, 3.8) is 0 Å². The number of hydrogen-bond acceptors (Lipinski definition) is 5. The summed E-state index contributed by atoms with van der Waals surface area (Å²) in [6, 6.07) is -0.542. The van der Waals surface area contributed by atoms with Crippen molar-refractivity contribution in [1.29, 1.82) is 0 Å². The number of methoxy groups -OCH3 is 1. The van der Waals surface area contributed by atoms with E-state index in [1.54, 1.807) is 0 Å². The minimum atomic E-state index is -2.95. The molecule has 1 N–H and O–H groups in total. The van der Waals surface area contributed by atoms with Crippen LogP contribution in [0.2, 0.25) is 0 Å². The van der Waals surface area contributed by atoms with Crippen LogP contribution in [-0.2, 0) is 19.4 Å². The Morgan fingerprint density at radius 2 is 2.11 bits per heavy atom. The Hall–Kier alpha value is -0.620. The van der Waals surface area contributed by atoms with Crippen molar-refractivity contribution >= 4 is 15.8 Å². The first kappa shape index (κ1) is 15.4. The Bertz CT molecular complexity index is 378. The van der Waals surface area contributed by atoms with Crippen molar-refractivity contribution in [1.82, 2.24) is 5.32 Å². The van der Waals surface area contributed by atoms with E-state index in [-0.39, 0.29) is 23.5 Å². The first-order valence-electron chi connectivity index (χ1n) is 6.38. The third kappa shape index (κ3) is 4.94. The number of carbonyl (C=O) groups is 1. The van der Waals surface area contributed by atoms with Crippen LogP contribution in [0, 0.1) is 5.92 Å². The van der Waals surface area contributed by atoms with Gasteiger partial charge in [0.15, 0.2) is 9.84 Å². The highest BCUT2D eigenvalue weighted by molar-refractivity contribution is 7.91. The molecule has 2 atom stereocenters. The number of ether oxygens (including phenoxy) is 1. The molecule has 1 fully saturated rings. The second-order valence-corrected chi connectivity index (χ2v) is 7.55. The Labute approximate surface area is 109 Å². The first-order valence-corrected chi connectivity index (χ1v) is 8.20. The SMILES string of the molecule is COC(=O)C(CC(C)C)NC1CCCS(=O)(=O)C1. The Morgan fingerprint density at radius 3 is 2.61 bits per heavy atom. The highest BCUT2D eigenvalue weighted by Crippen LogP contribution is 2.15. The molecule has 2 unspecified atom stereocenters. The third-order valence-corrected chi connectivity index (χ3v) is 4.91. The molecule has 1 saturated heterocycles. The average Bonchev–Trinajstić information content (AvgIpc) is 2.25. The Balaban J connectivity index is 2.62. The van der Waals surface area contributed by atoms with Gasteiger partial charge in [-0.1, -0.05) is 13.8 Å². The van der Waals surface area contributed by atoms with Gasteiger partial charge >= 0.3 is 5.97 Å². The zero-order valence-electron chi connectivity index (χ0n) is 11.3. The predicted molar refractivity (Wildman–Crippen MR) is 70.1 cm³/mol. The standard InChI is InChI=1S/C12H23NO4S/c1-9(2)7-11(12(14)17-3)13-10-5-4-6-18(15,16)8-10/h9-11,13H,4-8H2,1-3H3. The summed E-state index contributed by atoms with van der Waals surface area (Å²) in [5.41, 5.74) is 0. The molecule has 18 heavy (non-hydrogen) atoms. The second kappa shape index (κ2) is 6.52. The Kier molecular flexibility index (Phi) is 5.59. The molecule has 0 aromatic carbocycles. The normalized spacial score (nSPS) is 24.8. The van der Waals surface area contributed by atoms with Gasteiger partial charge in [0, 0.05) is 6.04 Å². The molecule has 5 nitrogen and oxygen atoms in total. The van der Waals surface area contributed by atoms with E-state index in [1.165, 1.54) is 7.11 Å². The van der Waals surface area contributed by atoms with E-state index in [2.05, 4.69) is 5.32 Å². The summed E-state index contributed by atoms with van der Waals surface area (Å²) >= 11 is 0. The minimum Gasteiger partial charge on any atom is -0.468 e. The third-order valence-electron chi connectivity index (χ3n) is 3.09. The smallest absolute Gasteiger partial charge is 0.322 e. The van der Waals surface area contributed by atoms with Crippen LogP contribution in [0.3, 0.4) is 0 Å². The number of nitrogens with one attached hydrogen (secondary N) is 1. The second-order valence-electron chi connectivity index (χ2n) is 5.33. The van der Waals surface area contributed by atoms with Crippen LogP contribution in [0.1, 0.15) is 33.1 Å². The van der Waals surface area contributed by atoms with Crippen LogP contribution in [0.15, 0.2) is 0 Å². The van der Waals surface area contributed by atoms with Crippen LogP contribution >= 0.6 is 0 Å². The van der Waals surface area contributed by atoms with Gasteiger partial charge < -0.3 is 10.1 Å². The lowest BCUT2D eigenvalue weighted by Gasteiger charge is -2.27. The maximum atomic E-state index is 11.6. The van der Waals surface area contributed by atoms with Gasteiger partial charge in [0.2, 0.25) is 0 Å². The van der Waals surface area contributed by atoms with Crippen LogP contribution in [0.4, 0.5) is 0 Å². The molecule has 0 aliphatic carbocycles. The lowest BCUT2D eigenvalue weighted by Crippen LogP contribution is -2.49. The zero-order valence-corrected chi connectivity index (χ0v) is 12.1. The zero-order chi connectivity index (χ0) is 13.8. The van der Waals surface area contributed by atoms with Gasteiger partial charge in [0.05, 0.1) is 18.6 Å². The van der Waals surface area contributed by atoms with E-state index in [1.807, 2.05) is 13.8 Å². The molecular weight excluding hydrogens is 254 g/mol. The first-order chi connectivity index (χ1) is 8.34. The summed E-state index contributed by atoms with van der Waals surface area (Å²) in [6.07, 6.45) is 2.11. The van der Waals surface area contributed by atoms with Crippen molar-refractivity contribution in [2.45, 2.75) is 45.2 Å². The fourth-order valence-corrected chi connectivity index (χ4v) is 3.93. The summed E-state index contributed by atoms with van der Waals surface area (Å²) in [5, 5.41) is 3.14. The highest BCUT2D eigenvalue weighted by Gasteiger charge is 2.29. The molecule has 6 heteroatoms. The van der Waals surface area contributed by atoms with Crippen molar-refractivity contribution in [3.05, 3.63) is 0 Å². The minimum absolute atomic E-state index is 0.124. The van der Waals surface area contributed by atoms with E-state index < -0.39 is 15.9 Å². The van der Waals surface area contributed by atoms with Gasteiger partial charge in [-0.15, -0.1) is 0 Å². The van der Waals surface area contributed by atoms with Crippen molar-refractivity contribution < 1.29 is 17.9 Å². The lowest BCUT2D eigenvalue weighted by molar-refractivity contribution is -0.143. The van der Waals surface area contributed by atoms with Crippen LogP contribution in [0.25, 0.3) is 0 Å². The number of esters is 1. The molecule has 1 rings (SSSR count).